The predicted octanol–water partition coefficient (Wildman–Crippen LogP) is 5.66. The van der Waals surface area contributed by atoms with Gasteiger partial charge in [-0.3, -0.25) is 0 Å². The summed E-state index contributed by atoms with van der Waals surface area (Å²) >= 11 is 0. The molecule has 0 aromatic heterocycles. The first-order valence-electron chi connectivity index (χ1n) is 15.4. The average Bonchev–Trinajstić information content (AvgIpc) is 3.27. The average molecular weight is 616 g/mol. The molecule has 0 spiro atoms. The van der Waals surface area contributed by atoms with Crippen LogP contribution in [0.25, 0.3) is 0 Å². The molecule has 2 fully saturated rings. The molecule has 240 valence electrons. The minimum Gasteiger partial charge on any atom is -0.493 e. The molecule has 0 bridgehead atoms. The van der Waals surface area contributed by atoms with E-state index < -0.39 is 24.8 Å². The van der Waals surface area contributed by atoms with Crippen LogP contribution in [0.4, 0.5) is 30.7 Å². The summed E-state index contributed by atoms with van der Waals surface area (Å²) in [6.45, 7) is 2.72. The van der Waals surface area contributed by atoms with Gasteiger partial charge in [-0.15, -0.1) is 0 Å². The van der Waals surface area contributed by atoms with Crippen LogP contribution in [0.1, 0.15) is 63.9 Å². The second-order valence-electron chi connectivity index (χ2n) is 12.3. The van der Waals surface area contributed by atoms with Crippen LogP contribution < -0.4 is 9.64 Å². The van der Waals surface area contributed by atoms with E-state index in [-0.39, 0.29) is 25.1 Å². The first-order valence-corrected chi connectivity index (χ1v) is 14.7. The Morgan fingerprint density at radius 2 is 1.69 bits per heavy atom. The topological polar surface area (TPSA) is 41.4 Å². The van der Waals surface area contributed by atoms with E-state index in [0.29, 0.717) is 49.0 Å². The fraction of sp³-hybridized carbons (Fsp3) is 0.800. The second kappa shape index (κ2) is 13.2. The van der Waals surface area contributed by atoms with E-state index >= 15 is 0 Å². The number of likely N-dealkylation sites (N-methyl/N-ethyl adjacent to an activating group) is 1. The van der Waals surface area contributed by atoms with E-state index in [9.17, 15) is 30.7 Å². The highest BCUT2D eigenvalue weighted by Gasteiger charge is 2.74. The molecule has 0 amide bonds. The van der Waals surface area contributed by atoms with E-state index in [1.165, 1.54) is 11.1 Å². The van der Waals surface area contributed by atoms with Crippen LogP contribution in [0.5, 0.6) is 5.75 Å². The Labute approximate surface area is 244 Å². The third kappa shape index (κ3) is 6.86. The van der Waals surface area contributed by atoms with Gasteiger partial charge in [-0.05, 0) is 85.0 Å². The van der Waals surface area contributed by atoms with Gasteiger partial charge in [0.1, 0.15) is 25.4 Å². The first kappa shape index (κ1) is 31.8. The number of methoxy groups -OCH3 is 1. The number of rotatable bonds is 13. The molecule has 3 aliphatic rings. The summed E-state index contributed by atoms with van der Waals surface area (Å²) in [6.07, 6.45) is -5.52. The first-order chi connectivity index (χ1) is 20.2. The number of halogens is 7. The van der Waals surface area contributed by atoms with E-state index in [2.05, 4.69) is 23.8 Å². The molecule has 1 aromatic carbocycles. The molecule has 2 saturated carbocycles. The molecule has 0 aliphatic heterocycles. The van der Waals surface area contributed by atoms with Crippen molar-refractivity contribution in [2.24, 2.45) is 17.3 Å². The maximum atomic E-state index is 13.7. The highest BCUT2D eigenvalue weighted by molar-refractivity contribution is 5.40. The second-order valence-corrected chi connectivity index (χ2v) is 12.3. The Kier molecular flexibility index (Phi) is 9.96. The van der Waals surface area contributed by atoms with E-state index in [1.807, 2.05) is 6.07 Å². The molecule has 6 atom stereocenters. The van der Waals surface area contributed by atoms with Gasteiger partial charge in [0.05, 0.1) is 27.7 Å². The van der Waals surface area contributed by atoms with Crippen molar-refractivity contribution in [3.05, 3.63) is 29.3 Å². The zero-order chi connectivity index (χ0) is 31.5. The number of alkyl halides is 7. The van der Waals surface area contributed by atoms with Gasteiger partial charge in [0.2, 0.25) is 0 Å². The predicted molar refractivity (Wildman–Crippen MR) is 141 cm³/mol. The SMILES string of the molecule is [2H]COCCCOc1ccc2c(c1)CCC1C2CC[C@@]2(C)C1CC[C@@H]2OCC[NH+](C)CCOC(F)(C(F)(F)F)C(F)(F)F. The largest absolute Gasteiger partial charge is 0.493 e. The van der Waals surface area contributed by atoms with Crippen molar-refractivity contribution in [1.82, 2.24) is 0 Å². The van der Waals surface area contributed by atoms with E-state index in [0.717, 1.165) is 50.7 Å². The Morgan fingerprint density at radius 1 is 0.952 bits per heavy atom. The molecule has 1 N–H and O–H groups in total. The molecule has 5 nitrogen and oxygen atoms in total. The van der Waals surface area contributed by atoms with Crippen LogP contribution in [0.3, 0.4) is 0 Å². The highest BCUT2D eigenvalue weighted by Crippen LogP contribution is 2.61. The van der Waals surface area contributed by atoms with Crippen LogP contribution in [-0.2, 0) is 20.6 Å². The summed E-state index contributed by atoms with van der Waals surface area (Å²) < 4.78 is 118. The summed E-state index contributed by atoms with van der Waals surface area (Å²) in [5, 5.41) is 0. The molecular formula is C30H43F7NO4+. The maximum absolute atomic E-state index is 13.7. The highest BCUT2D eigenvalue weighted by atomic mass is 19.4. The normalized spacial score (nSPS) is 28.9. The molecule has 4 rings (SSSR count). The number of fused-ring (bicyclic) bond motifs is 5. The Hall–Kier alpha value is -1.63. The third-order valence-corrected chi connectivity index (χ3v) is 9.72. The van der Waals surface area contributed by atoms with Crippen molar-refractivity contribution in [2.75, 3.05) is 53.7 Å². The monoisotopic (exact) mass is 615 g/mol. The van der Waals surface area contributed by atoms with Crippen LogP contribution in [0.15, 0.2) is 18.2 Å². The molecule has 1 aromatic rings. The zero-order valence-electron chi connectivity index (χ0n) is 25.2. The molecule has 0 heterocycles. The van der Waals surface area contributed by atoms with Gasteiger partial charge in [0, 0.05) is 20.1 Å². The van der Waals surface area contributed by atoms with Gasteiger partial charge in [-0.1, -0.05) is 13.0 Å². The van der Waals surface area contributed by atoms with Gasteiger partial charge in [-0.2, -0.15) is 30.7 Å². The Bertz CT molecular complexity index is 1040. The van der Waals surface area contributed by atoms with E-state index in [1.54, 1.807) is 7.05 Å². The van der Waals surface area contributed by atoms with Crippen LogP contribution in [0.2, 0.25) is 0 Å². The van der Waals surface area contributed by atoms with Gasteiger partial charge < -0.3 is 23.8 Å². The minimum atomic E-state index is -6.22. The molecule has 0 saturated heterocycles. The molecule has 42 heavy (non-hydrogen) atoms. The van der Waals surface area contributed by atoms with Crippen molar-refractivity contribution in [3.8, 4) is 5.75 Å². The Morgan fingerprint density at radius 3 is 2.40 bits per heavy atom. The summed E-state index contributed by atoms with van der Waals surface area (Å²) in [5.41, 5.74) is 2.77. The standard InChI is InChI=1S/C30H42F7NO4/c1-27-12-11-23-22-8-6-21(40-16-4-15-39-3)19-20(22)5-7-24(23)25(27)9-10-26(27)41-17-13-38(2)14-18-42-28(31,29(32,33)34)30(35,36)37/h6,8,19,23-26H,4-5,7,9-18H2,1-3H3/p+1/t23?,24?,25?,26-,27-/m0/s1/i3D. The number of hydrogen-bond donors (Lipinski definition) is 1. The van der Waals surface area contributed by atoms with Crippen molar-refractivity contribution in [2.45, 2.75) is 82.1 Å². The summed E-state index contributed by atoms with van der Waals surface area (Å²) in [7, 11) is 1.56. The molecule has 4 unspecified atom stereocenters. The smallest absolute Gasteiger partial charge is 0.458 e. The lowest BCUT2D eigenvalue weighted by Gasteiger charge is -2.50. The molecule has 3 aliphatic carbocycles. The summed E-state index contributed by atoms with van der Waals surface area (Å²) in [5.74, 6) is -3.26. The third-order valence-electron chi connectivity index (χ3n) is 9.72. The van der Waals surface area contributed by atoms with Crippen molar-refractivity contribution in [3.63, 3.8) is 0 Å². The lowest BCUT2D eigenvalue weighted by Crippen LogP contribution is -3.10. The van der Waals surface area contributed by atoms with Gasteiger partial charge in [0.25, 0.3) is 0 Å². The fourth-order valence-electron chi connectivity index (χ4n) is 7.42. The van der Waals surface area contributed by atoms with Gasteiger partial charge >= 0.3 is 18.2 Å². The molecular weight excluding hydrogens is 571 g/mol. The number of benzene rings is 1. The van der Waals surface area contributed by atoms with Gasteiger partial charge in [-0.25, -0.2) is 0 Å². The lowest BCUT2D eigenvalue weighted by atomic mass is 9.55. The zero-order valence-corrected chi connectivity index (χ0v) is 24.2. The van der Waals surface area contributed by atoms with Crippen molar-refractivity contribution >= 4 is 0 Å². The number of aryl methyl sites for hydroxylation is 1. The number of ether oxygens (including phenoxy) is 4. The maximum Gasteiger partial charge on any atom is 0.458 e. The van der Waals surface area contributed by atoms with E-state index in [4.69, 9.17) is 15.6 Å². The summed E-state index contributed by atoms with van der Waals surface area (Å²) in [4.78, 5) is 0.587. The van der Waals surface area contributed by atoms with Gasteiger partial charge in [0.15, 0.2) is 0 Å². The number of nitrogens with one attached hydrogen (secondary N) is 1. The molecule has 0 radical (unpaired) electrons. The van der Waals surface area contributed by atoms with Crippen molar-refractivity contribution in [1.29, 1.82) is 0 Å². The quantitative estimate of drug-likeness (QED) is 0.230. The van der Waals surface area contributed by atoms with Crippen LogP contribution in [-0.4, -0.2) is 78.0 Å². The molecule has 12 heteroatoms. The Balaban J connectivity index is 1.25. The number of hydrogen-bond acceptors (Lipinski definition) is 4. The van der Waals surface area contributed by atoms with Crippen LogP contribution >= 0.6 is 0 Å². The lowest BCUT2D eigenvalue weighted by molar-refractivity contribution is -0.881. The minimum absolute atomic E-state index is 0.00705. The van der Waals surface area contributed by atoms with Crippen LogP contribution in [0, 0.1) is 17.3 Å². The summed E-state index contributed by atoms with van der Waals surface area (Å²) in [6, 6.07) is 6.42. The fourth-order valence-corrected chi connectivity index (χ4v) is 7.42. The van der Waals surface area contributed by atoms with Crippen molar-refractivity contribution < 1.29 is 56.0 Å². The number of quaternary nitrogens is 1.